The fourth-order valence-electron chi connectivity index (χ4n) is 1.52. The van der Waals surface area contributed by atoms with Crippen LogP contribution in [0.25, 0.3) is 0 Å². The highest BCUT2D eigenvalue weighted by atomic mass is 16.5. The molecule has 0 aliphatic rings. The van der Waals surface area contributed by atoms with E-state index in [-0.39, 0.29) is 0 Å². The molecule has 1 N–H and O–H groups in total. The Morgan fingerprint density at radius 2 is 1.94 bits per heavy atom. The summed E-state index contributed by atoms with van der Waals surface area (Å²) in [5.41, 5.74) is -0.577. The quantitative estimate of drug-likeness (QED) is 0.825. The van der Waals surface area contributed by atoms with Gasteiger partial charge in [-0.1, -0.05) is 44.2 Å². The van der Waals surface area contributed by atoms with Crippen LogP contribution < -0.4 is 0 Å². The van der Waals surface area contributed by atoms with Crippen LogP contribution in [0.5, 0.6) is 0 Å². The van der Waals surface area contributed by atoms with Crippen molar-refractivity contribution in [2.75, 3.05) is 6.61 Å². The van der Waals surface area contributed by atoms with E-state index in [0.717, 1.165) is 6.42 Å². The third-order valence-corrected chi connectivity index (χ3v) is 2.82. The Hall–Kier alpha value is -1.35. The monoisotopic (exact) mass is 236 g/mol. The van der Waals surface area contributed by atoms with E-state index in [1.54, 1.807) is 19.1 Å². The van der Waals surface area contributed by atoms with Crippen molar-refractivity contribution in [3.63, 3.8) is 0 Å². The van der Waals surface area contributed by atoms with E-state index in [1.165, 1.54) is 0 Å². The molecule has 0 bridgehead atoms. The molecule has 0 heterocycles. The summed E-state index contributed by atoms with van der Waals surface area (Å²) in [7, 11) is 0. The third kappa shape index (κ3) is 3.56. The van der Waals surface area contributed by atoms with Crippen molar-refractivity contribution < 1.29 is 14.6 Å². The van der Waals surface area contributed by atoms with Gasteiger partial charge in [0.2, 0.25) is 0 Å². The number of ether oxygens (including phenoxy) is 1. The van der Waals surface area contributed by atoms with Crippen LogP contribution in [0.2, 0.25) is 0 Å². The van der Waals surface area contributed by atoms with Crippen LogP contribution in [-0.2, 0) is 15.1 Å². The van der Waals surface area contributed by atoms with Crippen LogP contribution in [0, 0.1) is 5.92 Å². The lowest BCUT2D eigenvalue weighted by Crippen LogP contribution is -2.36. The first-order valence-electron chi connectivity index (χ1n) is 5.89. The number of carboxylic acids is 1. The van der Waals surface area contributed by atoms with Gasteiger partial charge in [0, 0.05) is 6.61 Å². The molecule has 0 aromatic heterocycles. The molecule has 1 atom stereocenters. The molecule has 0 saturated carbocycles. The SMILES string of the molecule is CC(C)CCOC(C)(C(=O)O)c1ccccc1. The minimum atomic E-state index is -1.25. The fourth-order valence-corrected chi connectivity index (χ4v) is 1.52. The maximum absolute atomic E-state index is 11.4. The van der Waals surface area contributed by atoms with Crippen LogP contribution in [0.1, 0.15) is 32.8 Å². The maximum atomic E-state index is 11.4. The van der Waals surface area contributed by atoms with Gasteiger partial charge < -0.3 is 9.84 Å². The molecule has 0 fully saturated rings. The minimum Gasteiger partial charge on any atom is -0.479 e. The summed E-state index contributed by atoms with van der Waals surface area (Å²) in [6.45, 7) is 6.23. The van der Waals surface area contributed by atoms with E-state index in [9.17, 15) is 9.90 Å². The second-order valence-corrected chi connectivity index (χ2v) is 4.74. The Kier molecular flexibility index (Phi) is 4.70. The number of aliphatic carboxylic acids is 1. The van der Waals surface area contributed by atoms with E-state index >= 15 is 0 Å². The molecule has 1 rings (SSSR count). The summed E-state index contributed by atoms with van der Waals surface area (Å²) in [6.07, 6.45) is 0.857. The van der Waals surface area contributed by atoms with E-state index in [4.69, 9.17) is 4.74 Å². The molecule has 0 spiro atoms. The number of rotatable bonds is 6. The smallest absolute Gasteiger partial charge is 0.340 e. The zero-order valence-electron chi connectivity index (χ0n) is 10.6. The van der Waals surface area contributed by atoms with Gasteiger partial charge in [0.05, 0.1) is 0 Å². The zero-order valence-corrected chi connectivity index (χ0v) is 10.6. The van der Waals surface area contributed by atoms with Crippen molar-refractivity contribution in [2.45, 2.75) is 32.8 Å². The van der Waals surface area contributed by atoms with Crippen molar-refractivity contribution >= 4 is 5.97 Å². The Balaban J connectivity index is 2.80. The molecule has 1 aromatic rings. The summed E-state index contributed by atoms with van der Waals surface area (Å²) < 4.78 is 5.59. The number of carboxylic acid groups (broad SMARTS) is 1. The second-order valence-electron chi connectivity index (χ2n) is 4.74. The van der Waals surface area contributed by atoms with Gasteiger partial charge in [0.25, 0.3) is 0 Å². The Labute approximate surface area is 102 Å². The number of benzene rings is 1. The molecule has 0 amide bonds. The summed E-state index contributed by atoms with van der Waals surface area (Å²) in [4.78, 5) is 11.4. The van der Waals surface area contributed by atoms with Gasteiger partial charge in [-0.05, 0) is 24.8 Å². The van der Waals surface area contributed by atoms with Crippen LogP contribution in [0.3, 0.4) is 0 Å². The molecule has 1 unspecified atom stereocenters. The van der Waals surface area contributed by atoms with Crippen molar-refractivity contribution in [2.24, 2.45) is 5.92 Å². The van der Waals surface area contributed by atoms with Crippen molar-refractivity contribution in [3.05, 3.63) is 35.9 Å². The second kappa shape index (κ2) is 5.82. The van der Waals surface area contributed by atoms with Gasteiger partial charge in [-0.15, -0.1) is 0 Å². The largest absolute Gasteiger partial charge is 0.479 e. The molecular weight excluding hydrogens is 216 g/mol. The summed E-state index contributed by atoms with van der Waals surface area (Å²) in [5, 5.41) is 9.33. The fraction of sp³-hybridized carbons (Fsp3) is 0.500. The average Bonchev–Trinajstić information content (AvgIpc) is 2.29. The number of hydrogen-bond acceptors (Lipinski definition) is 2. The van der Waals surface area contributed by atoms with Gasteiger partial charge in [-0.2, -0.15) is 0 Å². The first-order chi connectivity index (χ1) is 7.97. The van der Waals surface area contributed by atoms with Crippen molar-refractivity contribution in [1.29, 1.82) is 0 Å². The van der Waals surface area contributed by atoms with Crippen LogP contribution in [0.4, 0.5) is 0 Å². The first kappa shape index (κ1) is 13.7. The predicted octanol–water partition coefficient (Wildman–Crippen LogP) is 3.05. The van der Waals surface area contributed by atoms with Gasteiger partial charge in [-0.3, -0.25) is 0 Å². The highest BCUT2D eigenvalue weighted by Gasteiger charge is 2.36. The standard InChI is InChI=1S/C14H20O3/c1-11(2)9-10-17-14(3,13(15)16)12-7-5-4-6-8-12/h4-8,11H,9-10H2,1-3H3,(H,15,16). The van der Waals surface area contributed by atoms with Gasteiger partial charge >= 0.3 is 5.97 Å². The molecule has 17 heavy (non-hydrogen) atoms. The molecule has 0 aliphatic heterocycles. The van der Waals surface area contributed by atoms with Gasteiger partial charge in [-0.25, -0.2) is 4.79 Å². The van der Waals surface area contributed by atoms with E-state index in [1.807, 2.05) is 18.2 Å². The lowest BCUT2D eigenvalue weighted by Gasteiger charge is -2.26. The number of carbonyl (C=O) groups is 1. The maximum Gasteiger partial charge on any atom is 0.340 e. The zero-order chi connectivity index (χ0) is 12.9. The highest BCUT2D eigenvalue weighted by molar-refractivity contribution is 5.78. The molecular formula is C14H20O3. The lowest BCUT2D eigenvalue weighted by molar-refractivity contribution is -0.165. The predicted molar refractivity (Wildman–Crippen MR) is 66.8 cm³/mol. The topological polar surface area (TPSA) is 46.5 Å². The Bertz CT molecular complexity index is 359. The van der Waals surface area contributed by atoms with Crippen molar-refractivity contribution in [1.82, 2.24) is 0 Å². The van der Waals surface area contributed by atoms with Gasteiger partial charge in [0.15, 0.2) is 5.60 Å². The highest BCUT2D eigenvalue weighted by Crippen LogP contribution is 2.26. The van der Waals surface area contributed by atoms with Crippen LogP contribution >= 0.6 is 0 Å². The number of hydrogen-bond donors (Lipinski definition) is 1. The molecule has 1 aromatic carbocycles. The Morgan fingerprint density at radius 1 is 1.35 bits per heavy atom. The van der Waals surface area contributed by atoms with E-state index < -0.39 is 11.6 Å². The molecule has 0 saturated heterocycles. The minimum absolute atomic E-state index is 0.454. The summed E-state index contributed by atoms with van der Waals surface area (Å²) in [5.74, 6) is -0.448. The third-order valence-electron chi connectivity index (χ3n) is 2.82. The average molecular weight is 236 g/mol. The molecule has 3 nitrogen and oxygen atoms in total. The molecule has 0 aliphatic carbocycles. The van der Waals surface area contributed by atoms with Crippen LogP contribution in [-0.4, -0.2) is 17.7 Å². The normalized spacial score (nSPS) is 14.6. The summed E-state index contributed by atoms with van der Waals surface area (Å²) >= 11 is 0. The van der Waals surface area contributed by atoms with Crippen LogP contribution in [0.15, 0.2) is 30.3 Å². The molecule has 94 valence electrons. The molecule has 0 radical (unpaired) electrons. The lowest BCUT2D eigenvalue weighted by atomic mass is 9.96. The van der Waals surface area contributed by atoms with Gasteiger partial charge in [0.1, 0.15) is 0 Å². The first-order valence-corrected chi connectivity index (χ1v) is 5.89. The van der Waals surface area contributed by atoms with Crippen molar-refractivity contribution in [3.8, 4) is 0 Å². The molecule has 3 heteroatoms. The summed E-state index contributed by atoms with van der Waals surface area (Å²) in [6, 6.07) is 9.07. The Morgan fingerprint density at radius 3 is 2.41 bits per heavy atom. The van der Waals surface area contributed by atoms with E-state index in [0.29, 0.717) is 18.1 Å². The van der Waals surface area contributed by atoms with E-state index in [2.05, 4.69) is 13.8 Å².